The monoisotopic (exact) mass is 207 g/mol. The summed E-state index contributed by atoms with van der Waals surface area (Å²) in [6.45, 7) is 2.33. The predicted molar refractivity (Wildman–Crippen MR) is 63.8 cm³/mol. The van der Waals surface area contributed by atoms with Crippen LogP contribution in [0.1, 0.15) is 58.3 Å². The van der Waals surface area contributed by atoms with Crippen molar-refractivity contribution in [3.63, 3.8) is 0 Å². The minimum Gasteiger partial charge on any atom is -0.310 e. The minimum atomic E-state index is 0.876. The van der Waals surface area contributed by atoms with E-state index in [0.717, 1.165) is 29.8 Å². The van der Waals surface area contributed by atoms with Crippen molar-refractivity contribution in [3.8, 4) is 0 Å². The van der Waals surface area contributed by atoms with Gasteiger partial charge in [0.05, 0.1) is 0 Å². The van der Waals surface area contributed by atoms with Gasteiger partial charge in [0, 0.05) is 12.1 Å². The number of rotatable bonds is 7. The largest absolute Gasteiger partial charge is 0.310 e. The summed E-state index contributed by atoms with van der Waals surface area (Å²) in [6, 6.07) is 1.79. The van der Waals surface area contributed by atoms with Crippen LogP contribution in [-0.2, 0) is 0 Å². The van der Waals surface area contributed by atoms with Gasteiger partial charge in [-0.1, -0.05) is 13.3 Å². The summed E-state index contributed by atoms with van der Waals surface area (Å²) in [5.41, 5.74) is 0. The van der Waals surface area contributed by atoms with Crippen LogP contribution in [0.25, 0.3) is 0 Å². The Balaban J connectivity index is 1.54. The SMILES string of the molecule is CCCC(NC(C1CC1)C1CC1)C1CC1. The number of hydrogen-bond donors (Lipinski definition) is 1. The highest BCUT2D eigenvalue weighted by molar-refractivity contribution is 4.99. The summed E-state index contributed by atoms with van der Waals surface area (Å²) < 4.78 is 0. The Morgan fingerprint density at radius 3 is 1.87 bits per heavy atom. The van der Waals surface area contributed by atoms with Gasteiger partial charge in [-0.3, -0.25) is 0 Å². The molecule has 86 valence electrons. The van der Waals surface area contributed by atoms with Gasteiger partial charge in [-0.25, -0.2) is 0 Å². The molecular weight excluding hydrogens is 182 g/mol. The molecule has 15 heavy (non-hydrogen) atoms. The third kappa shape index (κ3) is 2.55. The first kappa shape index (κ1) is 10.1. The fourth-order valence-electron chi connectivity index (χ4n) is 3.08. The van der Waals surface area contributed by atoms with Gasteiger partial charge in [0.25, 0.3) is 0 Å². The van der Waals surface area contributed by atoms with Crippen molar-refractivity contribution in [2.24, 2.45) is 17.8 Å². The molecule has 0 bridgehead atoms. The first-order valence-corrected chi connectivity index (χ1v) is 7.14. The van der Waals surface area contributed by atoms with Crippen LogP contribution < -0.4 is 5.32 Å². The molecule has 0 spiro atoms. The van der Waals surface area contributed by atoms with Crippen LogP contribution in [0.4, 0.5) is 0 Å². The number of nitrogens with one attached hydrogen (secondary N) is 1. The molecule has 3 aliphatic carbocycles. The molecule has 1 N–H and O–H groups in total. The summed E-state index contributed by atoms with van der Waals surface area (Å²) in [7, 11) is 0. The average molecular weight is 207 g/mol. The Bertz CT molecular complexity index is 201. The van der Waals surface area contributed by atoms with Gasteiger partial charge in [-0.2, -0.15) is 0 Å². The van der Waals surface area contributed by atoms with Gasteiger partial charge in [-0.15, -0.1) is 0 Å². The molecule has 3 fully saturated rings. The molecule has 3 saturated carbocycles. The topological polar surface area (TPSA) is 12.0 Å². The first-order chi connectivity index (χ1) is 7.38. The Morgan fingerprint density at radius 2 is 1.47 bits per heavy atom. The molecule has 0 aromatic rings. The highest BCUT2D eigenvalue weighted by Gasteiger charge is 2.43. The molecule has 0 amide bonds. The Kier molecular flexibility index (Phi) is 2.76. The second-order valence-corrected chi connectivity index (χ2v) is 6.10. The zero-order chi connectivity index (χ0) is 10.3. The molecule has 0 heterocycles. The second-order valence-electron chi connectivity index (χ2n) is 6.10. The highest BCUT2D eigenvalue weighted by atomic mass is 15.0. The van der Waals surface area contributed by atoms with Crippen molar-refractivity contribution in [1.29, 1.82) is 0 Å². The lowest BCUT2D eigenvalue weighted by molar-refractivity contribution is 0.325. The molecule has 3 rings (SSSR count). The molecule has 1 nitrogen and oxygen atoms in total. The third-order valence-electron chi connectivity index (χ3n) is 4.46. The lowest BCUT2D eigenvalue weighted by atomic mass is 10.0. The van der Waals surface area contributed by atoms with Crippen molar-refractivity contribution in [3.05, 3.63) is 0 Å². The maximum Gasteiger partial charge on any atom is 0.0126 e. The molecule has 1 atom stereocenters. The maximum atomic E-state index is 4.04. The molecule has 0 radical (unpaired) electrons. The van der Waals surface area contributed by atoms with Crippen molar-refractivity contribution in [2.45, 2.75) is 70.4 Å². The molecule has 1 unspecified atom stereocenters. The van der Waals surface area contributed by atoms with E-state index in [1.807, 2.05) is 0 Å². The van der Waals surface area contributed by atoms with Crippen LogP contribution >= 0.6 is 0 Å². The molecular formula is C14H25N. The van der Waals surface area contributed by atoms with Gasteiger partial charge in [0.2, 0.25) is 0 Å². The molecule has 0 aromatic carbocycles. The van der Waals surface area contributed by atoms with E-state index in [9.17, 15) is 0 Å². The Labute approximate surface area is 94.0 Å². The maximum absolute atomic E-state index is 4.04. The summed E-state index contributed by atoms with van der Waals surface area (Å²) in [4.78, 5) is 0. The summed E-state index contributed by atoms with van der Waals surface area (Å²) in [5, 5.41) is 4.04. The quantitative estimate of drug-likeness (QED) is 0.675. The molecule has 0 aromatic heterocycles. The fourth-order valence-corrected chi connectivity index (χ4v) is 3.08. The molecule has 1 heteroatoms. The second kappa shape index (κ2) is 4.08. The molecule has 3 aliphatic rings. The van der Waals surface area contributed by atoms with E-state index in [2.05, 4.69) is 12.2 Å². The Hall–Kier alpha value is -0.0400. The molecule has 0 aliphatic heterocycles. The van der Waals surface area contributed by atoms with Crippen molar-refractivity contribution < 1.29 is 0 Å². The Morgan fingerprint density at radius 1 is 0.933 bits per heavy atom. The smallest absolute Gasteiger partial charge is 0.0126 e. The van der Waals surface area contributed by atoms with Crippen LogP contribution in [-0.4, -0.2) is 12.1 Å². The average Bonchev–Trinajstić information content (AvgIpc) is 3.13. The summed E-state index contributed by atoms with van der Waals surface area (Å²) >= 11 is 0. The van der Waals surface area contributed by atoms with Crippen LogP contribution in [0.15, 0.2) is 0 Å². The standard InChI is InChI=1S/C14H25N/c1-2-3-13(10-4-5-10)15-14(11-6-7-11)12-8-9-12/h10-15H,2-9H2,1H3. The van der Waals surface area contributed by atoms with Crippen molar-refractivity contribution >= 4 is 0 Å². The fraction of sp³-hybridized carbons (Fsp3) is 1.00. The lowest BCUT2D eigenvalue weighted by Gasteiger charge is -2.25. The zero-order valence-corrected chi connectivity index (χ0v) is 10.0. The number of hydrogen-bond acceptors (Lipinski definition) is 1. The van der Waals surface area contributed by atoms with E-state index in [0.29, 0.717) is 0 Å². The predicted octanol–water partition coefficient (Wildman–Crippen LogP) is 3.34. The van der Waals surface area contributed by atoms with Crippen LogP contribution in [0.5, 0.6) is 0 Å². The first-order valence-electron chi connectivity index (χ1n) is 7.14. The van der Waals surface area contributed by atoms with E-state index in [1.165, 1.54) is 51.4 Å². The van der Waals surface area contributed by atoms with Gasteiger partial charge in [-0.05, 0) is 62.7 Å². The van der Waals surface area contributed by atoms with E-state index < -0.39 is 0 Å². The molecule has 0 saturated heterocycles. The zero-order valence-electron chi connectivity index (χ0n) is 10.0. The third-order valence-corrected chi connectivity index (χ3v) is 4.46. The van der Waals surface area contributed by atoms with Crippen molar-refractivity contribution in [2.75, 3.05) is 0 Å². The van der Waals surface area contributed by atoms with Gasteiger partial charge >= 0.3 is 0 Å². The van der Waals surface area contributed by atoms with E-state index in [4.69, 9.17) is 0 Å². The van der Waals surface area contributed by atoms with E-state index in [-0.39, 0.29) is 0 Å². The van der Waals surface area contributed by atoms with E-state index >= 15 is 0 Å². The van der Waals surface area contributed by atoms with Crippen LogP contribution in [0.2, 0.25) is 0 Å². The van der Waals surface area contributed by atoms with Crippen LogP contribution in [0.3, 0.4) is 0 Å². The highest BCUT2D eigenvalue weighted by Crippen LogP contribution is 2.46. The van der Waals surface area contributed by atoms with Crippen LogP contribution in [0, 0.1) is 17.8 Å². The summed E-state index contributed by atoms with van der Waals surface area (Å²) in [5.74, 6) is 3.18. The van der Waals surface area contributed by atoms with Gasteiger partial charge in [0.15, 0.2) is 0 Å². The normalized spacial score (nSPS) is 28.4. The minimum absolute atomic E-state index is 0.876. The lowest BCUT2D eigenvalue weighted by Crippen LogP contribution is -2.42. The summed E-state index contributed by atoms with van der Waals surface area (Å²) in [6.07, 6.45) is 11.8. The van der Waals surface area contributed by atoms with Crippen molar-refractivity contribution in [1.82, 2.24) is 5.32 Å². The van der Waals surface area contributed by atoms with Gasteiger partial charge < -0.3 is 5.32 Å². The van der Waals surface area contributed by atoms with E-state index in [1.54, 1.807) is 0 Å². The van der Waals surface area contributed by atoms with Gasteiger partial charge in [0.1, 0.15) is 0 Å².